The Morgan fingerprint density at radius 2 is 2.05 bits per heavy atom. The first-order chi connectivity index (χ1) is 9.71. The maximum Gasteiger partial charge on any atom is 0.231 e. The molecule has 0 radical (unpaired) electrons. The first-order valence-corrected chi connectivity index (χ1v) is 7.39. The van der Waals surface area contributed by atoms with E-state index in [1.54, 1.807) is 0 Å². The molecule has 0 spiro atoms. The molecule has 5 nitrogen and oxygen atoms in total. The van der Waals surface area contributed by atoms with Crippen molar-refractivity contribution in [2.24, 2.45) is 0 Å². The van der Waals surface area contributed by atoms with Crippen molar-refractivity contribution >= 4 is 15.9 Å². The molecular weight excluding hydrogens is 322 g/mol. The summed E-state index contributed by atoms with van der Waals surface area (Å²) >= 11 is 3.41. The molecule has 108 valence electrons. The Bertz CT molecular complexity index is 527. The van der Waals surface area contributed by atoms with E-state index in [0.717, 1.165) is 16.6 Å². The molecule has 0 aliphatic rings. The van der Waals surface area contributed by atoms with E-state index in [1.165, 1.54) is 0 Å². The largest absolute Gasteiger partial charge is 0.395 e. The third-order valence-electron chi connectivity index (χ3n) is 3.01. The molecule has 20 heavy (non-hydrogen) atoms. The summed E-state index contributed by atoms with van der Waals surface area (Å²) in [6, 6.07) is 8.04. The lowest BCUT2D eigenvalue weighted by Crippen LogP contribution is -2.26. The van der Waals surface area contributed by atoms with Gasteiger partial charge < -0.3 is 9.63 Å². The van der Waals surface area contributed by atoms with Crippen LogP contribution in [0.2, 0.25) is 0 Å². The summed E-state index contributed by atoms with van der Waals surface area (Å²) < 4.78 is 6.31. The van der Waals surface area contributed by atoms with E-state index in [0.29, 0.717) is 31.2 Å². The molecule has 2 aromatic rings. The van der Waals surface area contributed by atoms with E-state index in [2.05, 4.69) is 31.0 Å². The second kappa shape index (κ2) is 7.52. The Labute approximate surface area is 126 Å². The molecule has 6 heteroatoms. The zero-order valence-electron chi connectivity index (χ0n) is 11.4. The minimum atomic E-state index is 0.136. The lowest BCUT2D eigenvalue weighted by molar-refractivity contribution is 0.192. The number of halogens is 1. The number of hydrogen-bond acceptors (Lipinski definition) is 5. The Morgan fingerprint density at radius 1 is 1.30 bits per heavy atom. The fourth-order valence-corrected chi connectivity index (χ4v) is 2.16. The predicted octanol–water partition coefficient (Wildman–Crippen LogP) is 2.24. The number of hydrogen-bond donors (Lipinski definition) is 1. The van der Waals surface area contributed by atoms with Gasteiger partial charge in [-0.05, 0) is 24.2 Å². The lowest BCUT2D eigenvalue weighted by Gasteiger charge is -2.16. The van der Waals surface area contributed by atoms with E-state index >= 15 is 0 Å². The van der Waals surface area contributed by atoms with E-state index in [4.69, 9.17) is 9.63 Å². The normalized spacial score (nSPS) is 11.2. The molecule has 0 bridgehead atoms. The molecule has 0 amide bonds. The van der Waals surface area contributed by atoms with Crippen LogP contribution in [-0.4, -0.2) is 39.8 Å². The van der Waals surface area contributed by atoms with Gasteiger partial charge in [0, 0.05) is 11.0 Å². The number of likely N-dealkylation sites (N-methyl/N-ethyl adjacent to an activating group) is 1. The zero-order valence-corrected chi connectivity index (χ0v) is 13.0. The van der Waals surface area contributed by atoms with E-state index in [-0.39, 0.29) is 6.61 Å². The number of aliphatic hydroxyl groups excluding tert-OH is 1. The Balaban J connectivity index is 1.96. The van der Waals surface area contributed by atoms with Crippen LogP contribution < -0.4 is 0 Å². The van der Waals surface area contributed by atoms with Gasteiger partial charge in [0.2, 0.25) is 5.89 Å². The third-order valence-corrected chi connectivity index (χ3v) is 3.54. The van der Waals surface area contributed by atoms with Crippen LogP contribution in [-0.2, 0) is 13.0 Å². The number of rotatable bonds is 7. The number of aromatic nitrogens is 2. The Morgan fingerprint density at radius 3 is 2.70 bits per heavy atom. The molecule has 0 fully saturated rings. The first-order valence-electron chi connectivity index (χ1n) is 6.60. The average molecular weight is 340 g/mol. The standard InChI is InChI=1S/C14H18BrN3O2/c1-2-18(7-8-19)10-13-16-14(20-17-13)9-11-3-5-12(15)6-4-11/h3-6,19H,2,7-10H2,1H3. The molecular formula is C14H18BrN3O2. The van der Waals surface area contributed by atoms with Crippen LogP contribution in [0.25, 0.3) is 0 Å². The highest BCUT2D eigenvalue weighted by atomic mass is 79.9. The molecule has 0 aliphatic heterocycles. The van der Waals surface area contributed by atoms with Gasteiger partial charge in [-0.3, -0.25) is 4.90 Å². The summed E-state index contributed by atoms with van der Waals surface area (Å²) in [5, 5.41) is 12.9. The number of aliphatic hydroxyl groups is 1. The molecule has 0 unspecified atom stereocenters. The van der Waals surface area contributed by atoms with Gasteiger partial charge >= 0.3 is 0 Å². The van der Waals surface area contributed by atoms with Gasteiger partial charge in [0.1, 0.15) is 0 Å². The van der Waals surface area contributed by atoms with Gasteiger partial charge in [-0.2, -0.15) is 4.98 Å². The summed E-state index contributed by atoms with van der Waals surface area (Å²) in [6.07, 6.45) is 0.631. The molecule has 1 aromatic heterocycles. The summed E-state index contributed by atoms with van der Waals surface area (Å²) in [6.45, 7) is 4.24. The zero-order chi connectivity index (χ0) is 14.4. The van der Waals surface area contributed by atoms with Crippen molar-refractivity contribution in [3.05, 3.63) is 46.0 Å². The summed E-state index contributed by atoms with van der Waals surface area (Å²) in [5.41, 5.74) is 1.13. The van der Waals surface area contributed by atoms with Crippen molar-refractivity contribution in [1.82, 2.24) is 15.0 Å². The molecule has 1 aromatic carbocycles. The fraction of sp³-hybridized carbons (Fsp3) is 0.429. The minimum absolute atomic E-state index is 0.136. The molecule has 0 saturated heterocycles. The van der Waals surface area contributed by atoms with Crippen molar-refractivity contribution in [3.63, 3.8) is 0 Å². The van der Waals surface area contributed by atoms with Gasteiger partial charge in [-0.1, -0.05) is 40.1 Å². The molecule has 0 saturated carbocycles. The van der Waals surface area contributed by atoms with Gasteiger partial charge in [-0.25, -0.2) is 0 Å². The smallest absolute Gasteiger partial charge is 0.231 e. The first kappa shape index (κ1) is 15.2. The van der Waals surface area contributed by atoms with Crippen LogP contribution in [0.5, 0.6) is 0 Å². The summed E-state index contributed by atoms with van der Waals surface area (Å²) in [4.78, 5) is 6.45. The number of nitrogens with zero attached hydrogens (tertiary/aromatic N) is 3. The Hall–Kier alpha value is -1.24. The fourth-order valence-electron chi connectivity index (χ4n) is 1.89. The summed E-state index contributed by atoms with van der Waals surface area (Å²) in [5.74, 6) is 1.27. The maximum atomic E-state index is 8.96. The van der Waals surface area contributed by atoms with E-state index in [1.807, 2.05) is 31.2 Å². The van der Waals surface area contributed by atoms with Crippen molar-refractivity contribution in [1.29, 1.82) is 0 Å². The van der Waals surface area contributed by atoms with Crippen molar-refractivity contribution in [3.8, 4) is 0 Å². The minimum Gasteiger partial charge on any atom is -0.395 e. The predicted molar refractivity (Wildman–Crippen MR) is 79.3 cm³/mol. The van der Waals surface area contributed by atoms with Crippen LogP contribution in [0.3, 0.4) is 0 Å². The van der Waals surface area contributed by atoms with Gasteiger partial charge in [0.25, 0.3) is 0 Å². The lowest BCUT2D eigenvalue weighted by atomic mass is 10.1. The molecule has 2 rings (SSSR count). The quantitative estimate of drug-likeness (QED) is 0.838. The molecule has 0 atom stereocenters. The highest BCUT2D eigenvalue weighted by molar-refractivity contribution is 9.10. The van der Waals surface area contributed by atoms with Crippen LogP contribution in [0, 0.1) is 0 Å². The highest BCUT2D eigenvalue weighted by Crippen LogP contribution is 2.13. The Kier molecular flexibility index (Phi) is 5.70. The third kappa shape index (κ3) is 4.40. The second-order valence-electron chi connectivity index (χ2n) is 4.50. The second-order valence-corrected chi connectivity index (χ2v) is 5.42. The van der Waals surface area contributed by atoms with Crippen LogP contribution >= 0.6 is 15.9 Å². The molecule has 1 heterocycles. The molecule has 0 aliphatic carbocycles. The van der Waals surface area contributed by atoms with E-state index in [9.17, 15) is 0 Å². The van der Waals surface area contributed by atoms with Gasteiger partial charge in [0.05, 0.1) is 19.6 Å². The average Bonchev–Trinajstić information content (AvgIpc) is 2.88. The maximum absolute atomic E-state index is 8.96. The van der Waals surface area contributed by atoms with E-state index < -0.39 is 0 Å². The van der Waals surface area contributed by atoms with Gasteiger partial charge in [0.15, 0.2) is 5.82 Å². The monoisotopic (exact) mass is 339 g/mol. The highest BCUT2D eigenvalue weighted by Gasteiger charge is 2.10. The van der Waals surface area contributed by atoms with Crippen molar-refractivity contribution in [2.75, 3.05) is 19.7 Å². The van der Waals surface area contributed by atoms with Crippen LogP contribution in [0.15, 0.2) is 33.3 Å². The summed E-state index contributed by atoms with van der Waals surface area (Å²) in [7, 11) is 0. The van der Waals surface area contributed by atoms with Crippen LogP contribution in [0.1, 0.15) is 24.2 Å². The SMILES string of the molecule is CCN(CCO)Cc1noc(Cc2ccc(Br)cc2)n1. The topological polar surface area (TPSA) is 62.4 Å². The van der Waals surface area contributed by atoms with Crippen molar-refractivity contribution in [2.45, 2.75) is 19.9 Å². The molecule has 1 N–H and O–H groups in total. The van der Waals surface area contributed by atoms with Crippen molar-refractivity contribution < 1.29 is 9.63 Å². The number of benzene rings is 1. The van der Waals surface area contributed by atoms with Crippen LogP contribution in [0.4, 0.5) is 0 Å². The van der Waals surface area contributed by atoms with Gasteiger partial charge in [-0.15, -0.1) is 0 Å².